The number of aryl methyl sites for hydroxylation is 2. The van der Waals surface area contributed by atoms with E-state index in [2.05, 4.69) is 20.6 Å². The maximum atomic E-state index is 12.2. The van der Waals surface area contributed by atoms with Crippen molar-refractivity contribution in [2.45, 2.75) is 26.9 Å². The third-order valence-electron chi connectivity index (χ3n) is 3.55. The van der Waals surface area contributed by atoms with Crippen molar-refractivity contribution in [1.29, 1.82) is 0 Å². The molecule has 7 heteroatoms. The molecule has 1 amide bonds. The fourth-order valence-electron chi connectivity index (χ4n) is 2.34. The van der Waals surface area contributed by atoms with Gasteiger partial charge in [0, 0.05) is 6.54 Å². The number of aromatic nitrogens is 4. The van der Waals surface area contributed by atoms with E-state index in [-0.39, 0.29) is 5.91 Å². The van der Waals surface area contributed by atoms with E-state index in [0.717, 1.165) is 11.1 Å². The van der Waals surface area contributed by atoms with Crippen LogP contribution in [0.15, 0.2) is 41.4 Å². The fourth-order valence-corrected chi connectivity index (χ4v) is 2.34. The number of benzene rings is 1. The molecule has 0 atom stereocenters. The Morgan fingerprint density at radius 2 is 1.96 bits per heavy atom. The van der Waals surface area contributed by atoms with Crippen LogP contribution in [-0.4, -0.2) is 25.8 Å². The number of carbonyl (C=O) groups excluding carboxylic acids is 1. The average molecular weight is 311 g/mol. The van der Waals surface area contributed by atoms with Gasteiger partial charge >= 0.3 is 0 Å². The van der Waals surface area contributed by atoms with Crippen LogP contribution in [0, 0.1) is 13.8 Å². The lowest BCUT2D eigenvalue weighted by Gasteiger charge is -2.06. The normalized spacial score (nSPS) is 10.7. The van der Waals surface area contributed by atoms with E-state index < -0.39 is 0 Å². The summed E-state index contributed by atoms with van der Waals surface area (Å²) in [4.78, 5) is 16.1. The molecule has 2 heterocycles. The second-order valence-electron chi connectivity index (χ2n) is 5.29. The summed E-state index contributed by atoms with van der Waals surface area (Å²) in [6.07, 6.45) is 3.19. The Kier molecular flexibility index (Phi) is 4.18. The van der Waals surface area contributed by atoms with Crippen molar-refractivity contribution in [3.05, 3.63) is 65.1 Å². The molecule has 1 N–H and O–H groups in total. The molecule has 118 valence electrons. The number of amides is 1. The van der Waals surface area contributed by atoms with Gasteiger partial charge in [-0.05, 0) is 25.0 Å². The zero-order chi connectivity index (χ0) is 16.2. The first-order valence-corrected chi connectivity index (χ1v) is 7.25. The van der Waals surface area contributed by atoms with E-state index >= 15 is 0 Å². The lowest BCUT2D eigenvalue weighted by Crippen LogP contribution is -2.23. The molecule has 0 aliphatic rings. The van der Waals surface area contributed by atoms with E-state index in [1.807, 2.05) is 24.3 Å². The molecule has 0 spiro atoms. The smallest absolute Gasteiger partial charge is 0.257 e. The Morgan fingerprint density at radius 3 is 2.57 bits per heavy atom. The lowest BCUT2D eigenvalue weighted by atomic mass is 10.1. The van der Waals surface area contributed by atoms with E-state index in [4.69, 9.17) is 4.52 Å². The minimum Gasteiger partial charge on any atom is -0.361 e. The summed E-state index contributed by atoms with van der Waals surface area (Å²) in [6, 6.07) is 8.00. The first-order valence-electron chi connectivity index (χ1n) is 7.25. The molecule has 0 aliphatic heterocycles. The summed E-state index contributed by atoms with van der Waals surface area (Å²) >= 11 is 0. The van der Waals surface area contributed by atoms with Gasteiger partial charge in [0.1, 0.15) is 24.0 Å². The fraction of sp³-hybridized carbons (Fsp3) is 0.250. The van der Waals surface area contributed by atoms with Gasteiger partial charge in [0.05, 0.1) is 12.2 Å². The number of nitrogens with zero attached hydrogens (tertiary/aromatic N) is 4. The molecule has 0 aliphatic carbocycles. The van der Waals surface area contributed by atoms with Crippen molar-refractivity contribution in [2.24, 2.45) is 0 Å². The first kappa shape index (κ1) is 15.0. The third-order valence-corrected chi connectivity index (χ3v) is 3.55. The van der Waals surface area contributed by atoms with Crippen LogP contribution < -0.4 is 5.32 Å². The zero-order valence-electron chi connectivity index (χ0n) is 13.0. The minimum atomic E-state index is -0.173. The molecule has 0 unspecified atom stereocenters. The van der Waals surface area contributed by atoms with Gasteiger partial charge in [0.2, 0.25) is 0 Å². The molecule has 0 bridgehead atoms. The van der Waals surface area contributed by atoms with Gasteiger partial charge < -0.3 is 9.84 Å². The minimum absolute atomic E-state index is 0.173. The predicted octanol–water partition coefficient (Wildman–Crippen LogP) is 1.86. The molecule has 3 aromatic rings. The van der Waals surface area contributed by atoms with E-state index in [1.165, 1.54) is 6.33 Å². The van der Waals surface area contributed by atoms with Crippen LogP contribution in [0.25, 0.3) is 0 Å². The van der Waals surface area contributed by atoms with E-state index in [9.17, 15) is 4.79 Å². The van der Waals surface area contributed by atoms with Crippen LogP contribution in [0.1, 0.15) is 32.9 Å². The Bertz CT molecular complexity index is 771. The van der Waals surface area contributed by atoms with Crippen LogP contribution in [0.4, 0.5) is 0 Å². The highest BCUT2D eigenvalue weighted by Crippen LogP contribution is 2.12. The van der Waals surface area contributed by atoms with Gasteiger partial charge in [-0.1, -0.05) is 29.4 Å². The molecule has 23 heavy (non-hydrogen) atoms. The van der Waals surface area contributed by atoms with E-state index in [0.29, 0.717) is 30.1 Å². The van der Waals surface area contributed by atoms with Gasteiger partial charge in [0.15, 0.2) is 0 Å². The summed E-state index contributed by atoms with van der Waals surface area (Å²) in [6.45, 7) is 4.61. The zero-order valence-corrected chi connectivity index (χ0v) is 13.0. The summed E-state index contributed by atoms with van der Waals surface area (Å²) in [7, 11) is 0. The quantitative estimate of drug-likeness (QED) is 0.777. The van der Waals surface area contributed by atoms with Crippen molar-refractivity contribution < 1.29 is 9.32 Å². The summed E-state index contributed by atoms with van der Waals surface area (Å²) in [5.74, 6) is 0.358. The van der Waals surface area contributed by atoms with Gasteiger partial charge in [0.25, 0.3) is 5.91 Å². The topological polar surface area (TPSA) is 85.8 Å². The van der Waals surface area contributed by atoms with Gasteiger partial charge in [-0.3, -0.25) is 4.79 Å². The van der Waals surface area contributed by atoms with E-state index in [1.54, 1.807) is 24.9 Å². The first-order chi connectivity index (χ1) is 11.1. The number of carbonyl (C=O) groups is 1. The highest BCUT2D eigenvalue weighted by Gasteiger charge is 2.16. The lowest BCUT2D eigenvalue weighted by molar-refractivity contribution is 0.0949. The summed E-state index contributed by atoms with van der Waals surface area (Å²) < 4.78 is 6.77. The molecular weight excluding hydrogens is 294 g/mol. The number of hydrogen-bond acceptors (Lipinski definition) is 5. The van der Waals surface area contributed by atoms with Crippen LogP contribution in [-0.2, 0) is 13.1 Å². The molecule has 0 saturated carbocycles. The van der Waals surface area contributed by atoms with Crippen molar-refractivity contribution >= 4 is 5.91 Å². The van der Waals surface area contributed by atoms with Crippen molar-refractivity contribution in [3.63, 3.8) is 0 Å². The SMILES string of the molecule is Cc1noc(C)c1C(=O)NCc1ccc(Cn2cncn2)cc1. The maximum absolute atomic E-state index is 12.2. The van der Waals surface area contributed by atoms with Gasteiger partial charge in [-0.15, -0.1) is 0 Å². The summed E-state index contributed by atoms with van der Waals surface area (Å²) in [5.41, 5.74) is 3.25. The van der Waals surface area contributed by atoms with Crippen LogP contribution in [0.5, 0.6) is 0 Å². The number of hydrogen-bond donors (Lipinski definition) is 1. The monoisotopic (exact) mass is 311 g/mol. The molecule has 0 fully saturated rings. The predicted molar refractivity (Wildman–Crippen MR) is 82.7 cm³/mol. The molecule has 0 saturated heterocycles. The number of nitrogens with one attached hydrogen (secondary N) is 1. The average Bonchev–Trinajstić information content (AvgIpc) is 3.16. The molecule has 7 nitrogen and oxygen atoms in total. The molecule has 2 aromatic heterocycles. The second kappa shape index (κ2) is 6.43. The highest BCUT2D eigenvalue weighted by molar-refractivity contribution is 5.95. The molecule has 3 rings (SSSR count). The molecule has 1 aromatic carbocycles. The van der Waals surface area contributed by atoms with Gasteiger partial charge in [-0.2, -0.15) is 5.10 Å². The maximum Gasteiger partial charge on any atom is 0.257 e. The Morgan fingerprint density at radius 1 is 1.22 bits per heavy atom. The van der Waals surface area contributed by atoms with Crippen molar-refractivity contribution in [1.82, 2.24) is 25.2 Å². The van der Waals surface area contributed by atoms with Crippen LogP contribution >= 0.6 is 0 Å². The largest absolute Gasteiger partial charge is 0.361 e. The standard InChI is InChI=1S/C16H17N5O2/c1-11-15(12(2)23-20-11)16(22)18-7-13-3-5-14(6-4-13)8-21-10-17-9-19-21/h3-6,9-10H,7-8H2,1-2H3,(H,18,22). The third kappa shape index (κ3) is 3.45. The van der Waals surface area contributed by atoms with Gasteiger partial charge in [-0.25, -0.2) is 9.67 Å². The molecule has 0 radical (unpaired) electrons. The Balaban J connectivity index is 1.59. The Labute approximate surface area is 133 Å². The highest BCUT2D eigenvalue weighted by atomic mass is 16.5. The number of rotatable bonds is 5. The van der Waals surface area contributed by atoms with Crippen LogP contribution in [0.3, 0.4) is 0 Å². The molecular formula is C16H17N5O2. The van der Waals surface area contributed by atoms with Crippen molar-refractivity contribution in [2.75, 3.05) is 0 Å². The second-order valence-corrected chi connectivity index (χ2v) is 5.29. The Hall–Kier alpha value is -2.96. The van der Waals surface area contributed by atoms with Crippen LogP contribution in [0.2, 0.25) is 0 Å². The van der Waals surface area contributed by atoms with Crippen molar-refractivity contribution in [3.8, 4) is 0 Å². The summed E-state index contributed by atoms with van der Waals surface area (Å²) in [5, 5.41) is 10.7.